The maximum absolute atomic E-state index is 13.0. The molecule has 1 aliphatic heterocycles. The minimum atomic E-state index is -0.422. The minimum absolute atomic E-state index is 0.0315. The lowest BCUT2D eigenvalue weighted by Crippen LogP contribution is -2.27. The van der Waals surface area contributed by atoms with Gasteiger partial charge in [0.2, 0.25) is 0 Å². The molecule has 0 bridgehead atoms. The van der Waals surface area contributed by atoms with Crippen molar-refractivity contribution in [1.29, 1.82) is 5.26 Å². The second-order valence-corrected chi connectivity index (χ2v) is 8.76. The highest BCUT2D eigenvalue weighted by atomic mass is 35.5. The average molecular weight is 491 g/mol. The van der Waals surface area contributed by atoms with Crippen molar-refractivity contribution in [3.63, 3.8) is 0 Å². The first-order chi connectivity index (χ1) is 16.5. The number of ether oxygens (including phenoxy) is 2. The molecule has 4 rings (SSSR count). The van der Waals surface area contributed by atoms with Crippen LogP contribution in [0, 0.1) is 11.3 Å². The number of carbonyl (C=O) groups is 2. The third-order valence-corrected chi connectivity index (χ3v) is 6.31. The van der Waals surface area contributed by atoms with E-state index in [4.69, 9.17) is 21.1 Å². The van der Waals surface area contributed by atoms with E-state index in [1.807, 2.05) is 12.1 Å². The topological polar surface area (TPSA) is 79.6 Å². The minimum Gasteiger partial charge on any atom is -0.493 e. The summed E-state index contributed by atoms with van der Waals surface area (Å²) >= 11 is 6.80. The molecule has 6 nitrogen and oxygen atoms in total. The number of carbonyl (C=O) groups excluding carboxylic acids is 2. The number of imide groups is 1. The lowest BCUT2D eigenvalue weighted by molar-refractivity contribution is -0.123. The summed E-state index contributed by atoms with van der Waals surface area (Å²) in [7, 11) is 1.54. The molecule has 1 fully saturated rings. The van der Waals surface area contributed by atoms with Gasteiger partial charge in [0, 0.05) is 10.6 Å². The van der Waals surface area contributed by atoms with Gasteiger partial charge in [-0.2, -0.15) is 5.26 Å². The molecule has 3 aromatic rings. The van der Waals surface area contributed by atoms with Gasteiger partial charge in [0.25, 0.3) is 11.1 Å². The highest BCUT2D eigenvalue weighted by Crippen LogP contribution is 2.38. The number of thioether (sulfide) groups is 1. The van der Waals surface area contributed by atoms with Crippen molar-refractivity contribution in [3.8, 4) is 17.6 Å². The van der Waals surface area contributed by atoms with E-state index >= 15 is 0 Å². The van der Waals surface area contributed by atoms with Crippen LogP contribution in [0.4, 0.5) is 4.79 Å². The Morgan fingerprint density at radius 1 is 1.06 bits per heavy atom. The smallest absolute Gasteiger partial charge is 0.293 e. The highest BCUT2D eigenvalue weighted by Gasteiger charge is 2.35. The Bertz CT molecular complexity index is 1320. The summed E-state index contributed by atoms with van der Waals surface area (Å²) in [6, 6.07) is 21.6. The molecule has 1 aliphatic rings. The molecule has 0 radical (unpaired) electrons. The molecule has 2 amide bonds. The van der Waals surface area contributed by atoms with Gasteiger partial charge in [-0.1, -0.05) is 54.1 Å². The maximum atomic E-state index is 13.0. The molecule has 0 atom stereocenters. The Labute approximate surface area is 206 Å². The molecular weight excluding hydrogens is 472 g/mol. The number of halogens is 1. The predicted molar refractivity (Wildman–Crippen MR) is 131 cm³/mol. The van der Waals surface area contributed by atoms with Crippen molar-refractivity contribution in [2.75, 3.05) is 7.11 Å². The number of hydrogen-bond acceptors (Lipinski definition) is 6. The van der Waals surface area contributed by atoms with Gasteiger partial charge in [-0.05, 0) is 53.2 Å². The largest absolute Gasteiger partial charge is 0.493 e. The molecule has 3 aromatic carbocycles. The monoisotopic (exact) mass is 490 g/mol. The van der Waals surface area contributed by atoms with Gasteiger partial charge in [-0.25, -0.2) is 0 Å². The summed E-state index contributed by atoms with van der Waals surface area (Å²) in [6.07, 6.45) is 1.63. The standard InChI is InChI=1S/C26H19ClN2O4S/c1-32-22-8-4-7-18(24(22)33-16-17-9-11-21(27)12-10-17)13-23-25(30)29(26(31)34-23)15-20-6-3-2-5-19(20)14-28/h2-13H,15-16H2,1H3/b23-13+. The lowest BCUT2D eigenvalue weighted by atomic mass is 10.1. The van der Waals surface area contributed by atoms with Gasteiger partial charge in [0.05, 0.1) is 30.2 Å². The fourth-order valence-corrected chi connectivity index (χ4v) is 4.37. The molecule has 170 valence electrons. The van der Waals surface area contributed by atoms with E-state index in [2.05, 4.69) is 6.07 Å². The van der Waals surface area contributed by atoms with Crippen LogP contribution in [0.1, 0.15) is 22.3 Å². The van der Waals surface area contributed by atoms with E-state index in [1.165, 1.54) is 7.11 Å². The number of rotatable bonds is 7. The van der Waals surface area contributed by atoms with Crippen LogP contribution in [0.15, 0.2) is 71.6 Å². The second kappa shape index (κ2) is 10.5. The van der Waals surface area contributed by atoms with Crippen LogP contribution in [0.3, 0.4) is 0 Å². The molecule has 0 unspecified atom stereocenters. The first kappa shape index (κ1) is 23.4. The molecule has 1 heterocycles. The Kier molecular flexibility index (Phi) is 7.21. The van der Waals surface area contributed by atoms with Crippen molar-refractivity contribution in [1.82, 2.24) is 4.90 Å². The molecule has 0 aromatic heterocycles. The molecule has 34 heavy (non-hydrogen) atoms. The van der Waals surface area contributed by atoms with E-state index < -0.39 is 11.1 Å². The van der Waals surface area contributed by atoms with E-state index in [1.54, 1.807) is 60.7 Å². The van der Waals surface area contributed by atoms with Crippen molar-refractivity contribution >= 4 is 40.6 Å². The van der Waals surface area contributed by atoms with Crippen LogP contribution in [0.5, 0.6) is 11.5 Å². The number of para-hydroxylation sites is 1. The molecule has 8 heteroatoms. The number of hydrogen-bond donors (Lipinski definition) is 0. The fraction of sp³-hybridized carbons (Fsp3) is 0.115. The normalized spacial score (nSPS) is 14.4. The Morgan fingerprint density at radius 3 is 2.56 bits per heavy atom. The van der Waals surface area contributed by atoms with Crippen LogP contribution in [0.2, 0.25) is 5.02 Å². The van der Waals surface area contributed by atoms with Crippen molar-refractivity contribution < 1.29 is 19.1 Å². The van der Waals surface area contributed by atoms with Crippen LogP contribution in [0.25, 0.3) is 6.08 Å². The summed E-state index contributed by atoms with van der Waals surface area (Å²) in [5.74, 6) is 0.542. The number of nitriles is 1. The zero-order valence-electron chi connectivity index (χ0n) is 18.2. The summed E-state index contributed by atoms with van der Waals surface area (Å²) in [5, 5.41) is 9.55. The molecule has 0 saturated carbocycles. The maximum Gasteiger partial charge on any atom is 0.293 e. The molecule has 0 N–H and O–H groups in total. The lowest BCUT2D eigenvalue weighted by Gasteiger charge is -2.14. The van der Waals surface area contributed by atoms with Gasteiger partial charge >= 0.3 is 0 Å². The quantitative estimate of drug-likeness (QED) is 0.376. The fourth-order valence-electron chi connectivity index (χ4n) is 3.41. The van der Waals surface area contributed by atoms with Crippen LogP contribution < -0.4 is 9.47 Å². The highest BCUT2D eigenvalue weighted by molar-refractivity contribution is 8.18. The average Bonchev–Trinajstić information content (AvgIpc) is 3.11. The van der Waals surface area contributed by atoms with Crippen molar-refractivity contribution in [3.05, 3.63) is 98.9 Å². The number of benzene rings is 3. The van der Waals surface area contributed by atoms with Gasteiger partial charge in [-0.3, -0.25) is 14.5 Å². The van der Waals surface area contributed by atoms with E-state index in [-0.39, 0.29) is 18.1 Å². The Balaban J connectivity index is 1.59. The van der Waals surface area contributed by atoms with E-state index in [9.17, 15) is 14.9 Å². The van der Waals surface area contributed by atoms with Gasteiger partial charge in [0.1, 0.15) is 6.61 Å². The van der Waals surface area contributed by atoms with Crippen LogP contribution >= 0.6 is 23.4 Å². The first-order valence-electron chi connectivity index (χ1n) is 10.3. The summed E-state index contributed by atoms with van der Waals surface area (Å²) in [6.45, 7) is 0.300. The molecular formula is C26H19ClN2O4S. The van der Waals surface area contributed by atoms with Crippen LogP contribution in [-0.2, 0) is 17.9 Å². The Morgan fingerprint density at radius 2 is 1.82 bits per heavy atom. The summed E-state index contributed by atoms with van der Waals surface area (Å²) in [5.41, 5.74) is 2.56. The second-order valence-electron chi connectivity index (χ2n) is 7.33. The van der Waals surface area contributed by atoms with E-state index in [0.29, 0.717) is 33.2 Å². The molecule has 0 aliphatic carbocycles. The van der Waals surface area contributed by atoms with Crippen molar-refractivity contribution in [2.24, 2.45) is 0 Å². The summed E-state index contributed by atoms with van der Waals surface area (Å²) < 4.78 is 11.5. The van der Waals surface area contributed by atoms with Crippen LogP contribution in [-0.4, -0.2) is 23.2 Å². The molecule has 1 saturated heterocycles. The number of methoxy groups -OCH3 is 1. The van der Waals surface area contributed by atoms with Crippen molar-refractivity contribution in [2.45, 2.75) is 13.2 Å². The zero-order valence-corrected chi connectivity index (χ0v) is 19.7. The summed E-state index contributed by atoms with van der Waals surface area (Å²) in [4.78, 5) is 27.1. The number of amides is 2. The van der Waals surface area contributed by atoms with Gasteiger partial charge in [-0.15, -0.1) is 0 Å². The van der Waals surface area contributed by atoms with Gasteiger partial charge in [0.15, 0.2) is 11.5 Å². The Hall–Kier alpha value is -3.73. The van der Waals surface area contributed by atoms with E-state index in [0.717, 1.165) is 22.2 Å². The van der Waals surface area contributed by atoms with Gasteiger partial charge < -0.3 is 9.47 Å². The third kappa shape index (κ3) is 5.09. The zero-order chi connectivity index (χ0) is 24.1. The SMILES string of the molecule is COc1cccc(/C=C2/SC(=O)N(Cc3ccccc3C#N)C2=O)c1OCc1ccc(Cl)cc1. The molecule has 0 spiro atoms. The number of nitrogens with zero attached hydrogens (tertiary/aromatic N) is 2. The first-order valence-corrected chi connectivity index (χ1v) is 11.5. The predicted octanol–water partition coefficient (Wildman–Crippen LogP) is 6.04. The third-order valence-electron chi connectivity index (χ3n) is 5.15.